The second-order valence-electron chi connectivity index (χ2n) is 4.91. The third-order valence-corrected chi connectivity index (χ3v) is 3.48. The Morgan fingerprint density at radius 3 is 2.65 bits per heavy atom. The van der Waals surface area contributed by atoms with Gasteiger partial charge in [0.05, 0.1) is 0 Å². The van der Waals surface area contributed by atoms with Crippen molar-refractivity contribution in [1.29, 1.82) is 0 Å². The maximum absolute atomic E-state index is 13.6. The predicted molar refractivity (Wildman–Crippen MR) is 65.8 cm³/mol. The third kappa shape index (κ3) is 3.04. The Labute approximate surface area is 114 Å². The van der Waals surface area contributed by atoms with Crippen LogP contribution in [-0.4, -0.2) is 46.7 Å². The number of carbonyl (C=O) groups is 1. The lowest BCUT2D eigenvalue weighted by Crippen LogP contribution is -2.52. The topological polar surface area (TPSA) is 43.8 Å². The number of benzene rings is 1. The Bertz CT molecular complexity index is 525. The molecule has 1 fully saturated rings. The molecule has 0 bridgehead atoms. The van der Waals surface area contributed by atoms with Gasteiger partial charge in [0.15, 0.2) is 11.6 Å². The molecule has 1 amide bonds. The van der Waals surface area contributed by atoms with E-state index in [9.17, 15) is 18.0 Å². The maximum Gasteiger partial charge on any atom is 0.407 e. The summed E-state index contributed by atoms with van der Waals surface area (Å²) in [6.07, 6.45) is -1.00. The normalized spacial score (nSPS) is 20.2. The van der Waals surface area contributed by atoms with E-state index in [0.717, 1.165) is 6.07 Å². The fourth-order valence-electron chi connectivity index (χ4n) is 2.35. The van der Waals surface area contributed by atoms with Crippen molar-refractivity contribution in [3.8, 4) is 0 Å². The Hall–Kier alpha value is -1.76. The summed E-state index contributed by atoms with van der Waals surface area (Å²) in [7, 11) is 0. The van der Waals surface area contributed by atoms with E-state index in [1.807, 2.05) is 0 Å². The first kappa shape index (κ1) is 14.6. The highest BCUT2D eigenvalue weighted by molar-refractivity contribution is 5.65. The Morgan fingerprint density at radius 2 is 2.05 bits per heavy atom. The Morgan fingerprint density at radius 1 is 1.35 bits per heavy atom. The van der Waals surface area contributed by atoms with Crippen LogP contribution in [0.15, 0.2) is 12.1 Å². The van der Waals surface area contributed by atoms with Crippen LogP contribution in [0.4, 0.5) is 18.0 Å². The van der Waals surface area contributed by atoms with Crippen LogP contribution < -0.4 is 0 Å². The lowest BCUT2D eigenvalue weighted by Gasteiger charge is -2.38. The van der Waals surface area contributed by atoms with Crippen molar-refractivity contribution >= 4 is 6.09 Å². The second-order valence-corrected chi connectivity index (χ2v) is 4.91. The highest BCUT2D eigenvalue weighted by Crippen LogP contribution is 2.19. The molecule has 0 aromatic heterocycles. The van der Waals surface area contributed by atoms with Gasteiger partial charge in [0.1, 0.15) is 5.82 Å². The van der Waals surface area contributed by atoms with Crippen molar-refractivity contribution in [2.75, 3.05) is 19.6 Å². The summed E-state index contributed by atoms with van der Waals surface area (Å²) >= 11 is 0. The van der Waals surface area contributed by atoms with Gasteiger partial charge >= 0.3 is 6.09 Å². The van der Waals surface area contributed by atoms with Crippen LogP contribution in [0.5, 0.6) is 0 Å². The number of halogens is 3. The average Bonchev–Trinajstić information content (AvgIpc) is 2.37. The summed E-state index contributed by atoms with van der Waals surface area (Å²) in [6.45, 7) is 2.82. The molecule has 1 saturated heterocycles. The van der Waals surface area contributed by atoms with Crippen LogP contribution in [-0.2, 0) is 6.54 Å². The van der Waals surface area contributed by atoms with Gasteiger partial charge < -0.3 is 10.0 Å². The minimum absolute atomic E-state index is 0.0507. The van der Waals surface area contributed by atoms with E-state index in [1.165, 1.54) is 4.90 Å². The molecule has 1 aliphatic rings. The molecule has 1 N–H and O–H groups in total. The SMILES string of the molecule is C[C@H]1CN(C(=O)O)CCN1Cc1cc(F)cc(F)c1F. The first-order valence-corrected chi connectivity index (χ1v) is 6.24. The van der Waals surface area contributed by atoms with Crippen LogP contribution in [0.25, 0.3) is 0 Å². The van der Waals surface area contributed by atoms with Crippen LogP contribution in [0.1, 0.15) is 12.5 Å². The average molecular weight is 288 g/mol. The molecule has 1 heterocycles. The van der Waals surface area contributed by atoms with Gasteiger partial charge in [-0.15, -0.1) is 0 Å². The van der Waals surface area contributed by atoms with Gasteiger partial charge in [0.2, 0.25) is 0 Å². The molecular weight excluding hydrogens is 273 g/mol. The van der Waals surface area contributed by atoms with Crippen molar-refractivity contribution in [2.24, 2.45) is 0 Å². The first-order valence-electron chi connectivity index (χ1n) is 6.24. The molecule has 4 nitrogen and oxygen atoms in total. The second kappa shape index (κ2) is 5.70. The van der Waals surface area contributed by atoms with E-state index in [-0.39, 0.29) is 24.7 Å². The smallest absolute Gasteiger partial charge is 0.407 e. The number of nitrogens with zero attached hydrogens (tertiary/aromatic N) is 2. The van der Waals surface area contributed by atoms with E-state index in [4.69, 9.17) is 5.11 Å². The van der Waals surface area contributed by atoms with Crippen LogP contribution in [0.3, 0.4) is 0 Å². The molecular formula is C13H15F3N2O2. The molecule has 110 valence electrons. The number of hydrogen-bond donors (Lipinski definition) is 1. The van der Waals surface area contributed by atoms with Crippen molar-refractivity contribution in [2.45, 2.75) is 19.5 Å². The predicted octanol–water partition coefficient (Wildman–Crippen LogP) is 2.29. The minimum Gasteiger partial charge on any atom is -0.465 e. The third-order valence-electron chi connectivity index (χ3n) is 3.48. The van der Waals surface area contributed by atoms with Gasteiger partial charge in [0.25, 0.3) is 0 Å². The van der Waals surface area contributed by atoms with Gasteiger partial charge in [-0.1, -0.05) is 0 Å². The molecule has 1 aliphatic heterocycles. The van der Waals surface area contributed by atoms with E-state index in [1.54, 1.807) is 11.8 Å². The molecule has 0 saturated carbocycles. The van der Waals surface area contributed by atoms with Gasteiger partial charge in [0, 0.05) is 43.9 Å². The first-order chi connectivity index (χ1) is 9.38. The number of rotatable bonds is 2. The summed E-state index contributed by atoms with van der Waals surface area (Å²) < 4.78 is 39.9. The number of amides is 1. The highest BCUT2D eigenvalue weighted by Gasteiger charge is 2.27. The van der Waals surface area contributed by atoms with Gasteiger partial charge in [-0.25, -0.2) is 18.0 Å². The minimum atomic E-state index is -1.21. The molecule has 2 rings (SSSR count). The fourth-order valence-corrected chi connectivity index (χ4v) is 2.35. The van der Waals surface area contributed by atoms with E-state index in [0.29, 0.717) is 19.2 Å². The quantitative estimate of drug-likeness (QED) is 0.849. The molecule has 0 radical (unpaired) electrons. The summed E-state index contributed by atoms with van der Waals surface area (Å²) in [5.74, 6) is -3.09. The Kier molecular flexibility index (Phi) is 4.17. The summed E-state index contributed by atoms with van der Waals surface area (Å²) in [4.78, 5) is 13.9. The Balaban J connectivity index is 2.10. The zero-order valence-corrected chi connectivity index (χ0v) is 10.9. The van der Waals surface area contributed by atoms with Gasteiger partial charge in [-0.3, -0.25) is 4.90 Å². The molecule has 7 heteroatoms. The lowest BCUT2D eigenvalue weighted by molar-refractivity contribution is 0.0704. The van der Waals surface area contributed by atoms with Crippen molar-refractivity contribution in [1.82, 2.24) is 9.80 Å². The fraction of sp³-hybridized carbons (Fsp3) is 0.462. The zero-order chi connectivity index (χ0) is 14.9. The van der Waals surface area contributed by atoms with Crippen molar-refractivity contribution in [3.05, 3.63) is 35.1 Å². The summed E-state index contributed by atoms with van der Waals surface area (Å²) in [5.41, 5.74) is -0.0573. The number of carboxylic acid groups (broad SMARTS) is 1. The van der Waals surface area contributed by atoms with Crippen molar-refractivity contribution in [3.63, 3.8) is 0 Å². The van der Waals surface area contributed by atoms with Gasteiger partial charge in [-0.2, -0.15) is 0 Å². The molecule has 1 aromatic carbocycles. The lowest BCUT2D eigenvalue weighted by atomic mass is 10.1. The molecule has 0 aliphatic carbocycles. The monoisotopic (exact) mass is 288 g/mol. The molecule has 1 aromatic rings. The van der Waals surface area contributed by atoms with Gasteiger partial charge in [-0.05, 0) is 13.0 Å². The van der Waals surface area contributed by atoms with E-state index < -0.39 is 23.5 Å². The van der Waals surface area contributed by atoms with E-state index >= 15 is 0 Å². The van der Waals surface area contributed by atoms with Crippen LogP contribution in [0, 0.1) is 17.5 Å². The summed E-state index contributed by atoms with van der Waals surface area (Å²) in [5, 5.41) is 8.90. The van der Waals surface area contributed by atoms with E-state index in [2.05, 4.69) is 0 Å². The zero-order valence-electron chi connectivity index (χ0n) is 10.9. The van der Waals surface area contributed by atoms with Crippen LogP contribution in [0.2, 0.25) is 0 Å². The molecule has 1 atom stereocenters. The number of piperazine rings is 1. The molecule has 20 heavy (non-hydrogen) atoms. The van der Waals surface area contributed by atoms with Crippen molar-refractivity contribution < 1.29 is 23.1 Å². The largest absolute Gasteiger partial charge is 0.465 e. The number of hydrogen-bond acceptors (Lipinski definition) is 2. The summed E-state index contributed by atoms with van der Waals surface area (Å²) in [6, 6.07) is 1.32. The molecule has 0 spiro atoms. The van der Waals surface area contributed by atoms with Crippen LogP contribution >= 0.6 is 0 Å². The highest BCUT2D eigenvalue weighted by atomic mass is 19.2. The maximum atomic E-state index is 13.6. The standard InChI is InChI=1S/C13H15F3N2O2/c1-8-6-18(13(19)20)3-2-17(8)7-9-4-10(14)5-11(15)12(9)16/h4-5,8H,2-3,6-7H2,1H3,(H,19,20)/t8-/m0/s1. The molecule has 0 unspecified atom stereocenters.